The van der Waals surface area contributed by atoms with Gasteiger partial charge in [0.05, 0.1) is 6.42 Å². The number of aryl methyl sites for hydroxylation is 3. The number of aliphatic carboxylic acids is 1. The molecule has 4 nitrogen and oxygen atoms in total. The van der Waals surface area contributed by atoms with Crippen LogP contribution in [-0.2, 0) is 4.79 Å². The van der Waals surface area contributed by atoms with E-state index in [9.17, 15) is 9.59 Å². The Kier molecular flexibility index (Phi) is 5.31. The van der Waals surface area contributed by atoms with Gasteiger partial charge in [-0.15, -0.1) is 0 Å². The molecular formula is C16H23NO3. The summed E-state index contributed by atoms with van der Waals surface area (Å²) in [6, 6.07) is 3.56. The largest absolute Gasteiger partial charge is 0.481 e. The first kappa shape index (κ1) is 16.2. The van der Waals surface area contributed by atoms with Crippen molar-refractivity contribution in [2.75, 3.05) is 0 Å². The molecule has 0 saturated heterocycles. The molecule has 1 atom stereocenters. The van der Waals surface area contributed by atoms with Crippen molar-refractivity contribution in [3.8, 4) is 0 Å². The van der Waals surface area contributed by atoms with Crippen molar-refractivity contribution in [2.24, 2.45) is 5.92 Å². The molecule has 2 N–H and O–H groups in total. The molecule has 0 heterocycles. The zero-order valence-electron chi connectivity index (χ0n) is 12.8. The third-order valence-corrected chi connectivity index (χ3v) is 3.42. The Morgan fingerprint density at radius 3 is 2.05 bits per heavy atom. The molecule has 1 amide bonds. The van der Waals surface area contributed by atoms with E-state index in [1.165, 1.54) is 0 Å². The van der Waals surface area contributed by atoms with E-state index in [-0.39, 0.29) is 24.3 Å². The Morgan fingerprint density at radius 1 is 1.15 bits per heavy atom. The van der Waals surface area contributed by atoms with Crippen LogP contribution in [0.3, 0.4) is 0 Å². The summed E-state index contributed by atoms with van der Waals surface area (Å²) in [6.45, 7) is 9.60. The van der Waals surface area contributed by atoms with Gasteiger partial charge in [0, 0.05) is 11.6 Å². The smallest absolute Gasteiger partial charge is 0.305 e. The summed E-state index contributed by atoms with van der Waals surface area (Å²) in [5.74, 6) is -1.03. The number of carbonyl (C=O) groups is 2. The van der Waals surface area contributed by atoms with E-state index in [1.807, 2.05) is 46.8 Å². The van der Waals surface area contributed by atoms with Crippen molar-refractivity contribution >= 4 is 11.9 Å². The molecule has 0 fully saturated rings. The predicted molar refractivity (Wildman–Crippen MR) is 79.0 cm³/mol. The Bertz CT molecular complexity index is 497. The van der Waals surface area contributed by atoms with Gasteiger partial charge in [0.1, 0.15) is 0 Å². The number of amides is 1. The highest BCUT2D eigenvalue weighted by Gasteiger charge is 2.21. The van der Waals surface area contributed by atoms with Crippen LogP contribution in [0.25, 0.3) is 0 Å². The highest BCUT2D eigenvalue weighted by Crippen LogP contribution is 2.17. The molecule has 0 aliphatic carbocycles. The summed E-state index contributed by atoms with van der Waals surface area (Å²) in [5, 5.41) is 11.8. The van der Waals surface area contributed by atoms with Crippen LogP contribution in [0.15, 0.2) is 12.1 Å². The highest BCUT2D eigenvalue weighted by molar-refractivity contribution is 5.97. The summed E-state index contributed by atoms with van der Waals surface area (Å²) >= 11 is 0. The van der Waals surface area contributed by atoms with Crippen LogP contribution in [0.2, 0.25) is 0 Å². The lowest BCUT2D eigenvalue weighted by molar-refractivity contribution is -0.137. The quantitative estimate of drug-likeness (QED) is 0.869. The van der Waals surface area contributed by atoms with Crippen LogP contribution in [0.5, 0.6) is 0 Å². The maximum Gasteiger partial charge on any atom is 0.305 e. The highest BCUT2D eigenvalue weighted by atomic mass is 16.4. The summed E-state index contributed by atoms with van der Waals surface area (Å²) < 4.78 is 0. The van der Waals surface area contributed by atoms with Gasteiger partial charge in [0.2, 0.25) is 0 Å². The van der Waals surface area contributed by atoms with Crippen LogP contribution in [0.1, 0.15) is 47.3 Å². The fourth-order valence-electron chi connectivity index (χ4n) is 2.42. The van der Waals surface area contributed by atoms with Gasteiger partial charge < -0.3 is 10.4 Å². The maximum absolute atomic E-state index is 12.4. The fourth-order valence-corrected chi connectivity index (χ4v) is 2.42. The van der Waals surface area contributed by atoms with Crippen LogP contribution in [0.4, 0.5) is 0 Å². The summed E-state index contributed by atoms with van der Waals surface area (Å²) in [4.78, 5) is 23.2. The van der Waals surface area contributed by atoms with Gasteiger partial charge in [0.15, 0.2) is 0 Å². The van der Waals surface area contributed by atoms with E-state index >= 15 is 0 Å². The van der Waals surface area contributed by atoms with Crippen LogP contribution in [-0.4, -0.2) is 23.0 Å². The second kappa shape index (κ2) is 6.55. The van der Waals surface area contributed by atoms with E-state index in [4.69, 9.17) is 5.11 Å². The van der Waals surface area contributed by atoms with Crippen molar-refractivity contribution < 1.29 is 14.7 Å². The molecule has 4 heteroatoms. The van der Waals surface area contributed by atoms with E-state index in [0.717, 1.165) is 16.7 Å². The van der Waals surface area contributed by atoms with Gasteiger partial charge in [-0.25, -0.2) is 0 Å². The third kappa shape index (κ3) is 4.08. The summed E-state index contributed by atoms with van der Waals surface area (Å²) in [7, 11) is 0. The zero-order valence-corrected chi connectivity index (χ0v) is 12.8. The number of hydrogen-bond donors (Lipinski definition) is 2. The Hall–Kier alpha value is -1.84. The molecule has 1 aromatic carbocycles. The average Bonchev–Trinajstić information content (AvgIpc) is 2.25. The minimum absolute atomic E-state index is 0.0621. The molecule has 0 saturated carbocycles. The fraction of sp³-hybridized carbons (Fsp3) is 0.500. The number of carbonyl (C=O) groups excluding carboxylic acids is 1. The number of hydrogen-bond acceptors (Lipinski definition) is 2. The van der Waals surface area contributed by atoms with Crippen LogP contribution < -0.4 is 5.32 Å². The molecule has 0 aliphatic rings. The molecule has 1 unspecified atom stereocenters. The molecule has 0 bridgehead atoms. The van der Waals surface area contributed by atoms with E-state index in [1.54, 1.807) is 0 Å². The van der Waals surface area contributed by atoms with Crippen molar-refractivity contribution in [3.63, 3.8) is 0 Å². The lowest BCUT2D eigenvalue weighted by Gasteiger charge is -2.22. The molecule has 110 valence electrons. The number of carboxylic acid groups (broad SMARTS) is 1. The molecule has 0 radical (unpaired) electrons. The minimum atomic E-state index is -0.902. The maximum atomic E-state index is 12.4. The van der Waals surface area contributed by atoms with E-state index in [0.29, 0.717) is 5.56 Å². The lowest BCUT2D eigenvalue weighted by Crippen LogP contribution is -2.40. The molecule has 1 rings (SSSR count). The lowest BCUT2D eigenvalue weighted by atomic mass is 9.97. The van der Waals surface area contributed by atoms with E-state index < -0.39 is 5.97 Å². The molecule has 0 aliphatic heterocycles. The second-order valence-electron chi connectivity index (χ2n) is 5.70. The number of carboxylic acids is 1. The first-order valence-corrected chi connectivity index (χ1v) is 6.83. The van der Waals surface area contributed by atoms with Gasteiger partial charge in [-0.1, -0.05) is 31.5 Å². The van der Waals surface area contributed by atoms with Crippen molar-refractivity contribution in [3.05, 3.63) is 34.4 Å². The second-order valence-corrected chi connectivity index (χ2v) is 5.70. The topological polar surface area (TPSA) is 66.4 Å². The molecule has 0 aromatic heterocycles. The van der Waals surface area contributed by atoms with Crippen molar-refractivity contribution in [1.82, 2.24) is 5.32 Å². The average molecular weight is 277 g/mol. The zero-order chi connectivity index (χ0) is 15.4. The first-order valence-electron chi connectivity index (χ1n) is 6.83. The van der Waals surface area contributed by atoms with Crippen molar-refractivity contribution in [1.29, 1.82) is 0 Å². The predicted octanol–water partition coefficient (Wildman–Crippen LogP) is 2.84. The SMILES string of the molecule is Cc1cc(C)c(C(=O)NC(CC(=O)O)C(C)C)c(C)c1. The Morgan fingerprint density at radius 2 is 1.65 bits per heavy atom. The number of rotatable bonds is 5. The number of nitrogens with one attached hydrogen (secondary N) is 1. The summed E-state index contributed by atoms with van der Waals surface area (Å²) in [5.41, 5.74) is 3.59. The van der Waals surface area contributed by atoms with Gasteiger partial charge in [-0.3, -0.25) is 9.59 Å². The molecular weight excluding hydrogens is 254 g/mol. The van der Waals surface area contributed by atoms with Gasteiger partial charge in [0.25, 0.3) is 5.91 Å². The van der Waals surface area contributed by atoms with Gasteiger partial charge in [-0.2, -0.15) is 0 Å². The van der Waals surface area contributed by atoms with Crippen molar-refractivity contribution in [2.45, 2.75) is 47.1 Å². The standard InChI is InChI=1S/C16H23NO3/c1-9(2)13(8-14(18)19)17-16(20)15-11(4)6-10(3)7-12(15)5/h6-7,9,13H,8H2,1-5H3,(H,17,20)(H,18,19). The van der Waals surface area contributed by atoms with Crippen LogP contribution in [0, 0.1) is 26.7 Å². The monoisotopic (exact) mass is 277 g/mol. The summed E-state index contributed by atoms with van der Waals surface area (Å²) in [6.07, 6.45) is -0.0621. The number of benzene rings is 1. The first-order chi connectivity index (χ1) is 9.22. The Labute approximate surface area is 120 Å². The molecule has 20 heavy (non-hydrogen) atoms. The normalized spacial score (nSPS) is 12.3. The van der Waals surface area contributed by atoms with Crippen LogP contribution >= 0.6 is 0 Å². The van der Waals surface area contributed by atoms with Gasteiger partial charge >= 0.3 is 5.97 Å². The molecule has 1 aromatic rings. The van der Waals surface area contributed by atoms with E-state index in [2.05, 4.69) is 5.32 Å². The minimum Gasteiger partial charge on any atom is -0.481 e. The Balaban J connectivity index is 2.98. The molecule has 0 spiro atoms. The third-order valence-electron chi connectivity index (χ3n) is 3.42. The van der Waals surface area contributed by atoms with Gasteiger partial charge in [-0.05, 0) is 37.8 Å².